The predicted molar refractivity (Wildman–Crippen MR) is 75.1 cm³/mol. The van der Waals surface area contributed by atoms with Crippen LogP contribution in [-0.2, 0) is 0 Å². The van der Waals surface area contributed by atoms with Crippen molar-refractivity contribution in [2.24, 2.45) is 23.2 Å². The molecule has 0 spiro atoms. The second-order valence-corrected chi connectivity index (χ2v) is 7.73. The smallest absolute Gasteiger partial charge is 0.00726 e. The molecule has 1 saturated heterocycles. The van der Waals surface area contributed by atoms with E-state index >= 15 is 0 Å². The second-order valence-electron chi connectivity index (χ2n) is 7.73. The molecule has 0 radical (unpaired) electrons. The highest BCUT2D eigenvalue weighted by Crippen LogP contribution is 2.44. The van der Waals surface area contributed by atoms with Crippen LogP contribution in [0.1, 0.15) is 66.7 Å². The Hall–Kier alpha value is -0.0400. The molecule has 100 valence electrons. The van der Waals surface area contributed by atoms with E-state index in [-0.39, 0.29) is 0 Å². The lowest BCUT2D eigenvalue weighted by Gasteiger charge is -2.39. The standard InChI is InChI=1S/C16H31N/c1-11-10-15(12(2)17-11)13-6-8-14(9-7-13)16(3,4)5/h11-15,17H,6-10H2,1-5H3. The first-order valence-corrected chi connectivity index (χ1v) is 7.64. The molecule has 1 heteroatoms. The van der Waals surface area contributed by atoms with Crippen LogP contribution in [0.15, 0.2) is 0 Å². The van der Waals surface area contributed by atoms with Gasteiger partial charge in [-0.25, -0.2) is 0 Å². The Bertz CT molecular complexity index is 245. The Kier molecular flexibility index (Phi) is 3.87. The van der Waals surface area contributed by atoms with E-state index in [1.165, 1.54) is 32.1 Å². The Morgan fingerprint density at radius 3 is 1.94 bits per heavy atom. The average molecular weight is 237 g/mol. The van der Waals surface area contributed by atoms with Gasteiger partial charge in [0.1, 0.15) is 0 Å². The average Bonchev–Trinajstić information content (AvgIpc) is 2.57. The van der Waals surface area contributed by atoms with Crippen molar-refractivity contribution in [1.29, 1.82) is 0 Å². The third kappa shape index (κ3) is 3.05. The molecule has 2 fully saturated rings. The topological polar surface area (TPSA) is 12.0 Å². The van der Waals surface area contributed by atoms with Gasteiger partial charge in [0.25, 0.3) is 0 Å². The first-order valence-electron chi connectivity index (χ1n) is 7.64. The zero-order chi connectivity index (χ0) is 12.6. The minimum Gasteiger partial charge on any atom is -0.311 e. The molecule has 1 aliphatic heterocycles. The highest BCUT2D eigenvalue weighted by molar-refractivity contribution is 4.92. The number of hydrogen-bond acceptors (Lipinski definition) is 1. The van der Waals surface area contributed by atoms with E-state index in [4.69, 9.17) is 0 Å². The molecule has 17 heavy (non-hydrogen) atoms. The lowest BCUT2D eigenvalue weighted by molar-refractivity contribution is 0.120. The quantitative estimate of drug-likeness (QED) is 0.720. The normalized spacial score (nSPS) is 43.9. The van der Waals surface area contributed by atoms with Gasteiger partial charge in [0.2, 0.25) is 0 Å². The molecule has 3 atom stereocenters. The van der Waals surface area contributed by atoms with Crippen LogP contribution in [0.3, 0.4) is 0 Å². The lowest BCUT2D eigenvalue weighted by atomic mass is 9.66. The lowest BCUT2D eigenvalue weighted by Crippen LogP contribution is -2.33. The molecule has 1 heterocycles. The molecule has 1 nitrogen and oxygen atoms in total. The first-order chi connectivity index (χ1) is 7.88. The van der Waals surface area contributed by atoms with E-state index in [0.717, 1.165) is 29.8 Å². The van der Waals surface area contributed by atoms with E-state index in [9.17, 15) is 0 Å². The van der Waals surface area contributed by atoms with Crippen molar-refractivity contribution in [2.75, 3.05) is 0 Å². The van der Waals surface area contributed by atoms with Crippen LogP contribution in [-0.4, -0.2) is 12.1 Å². The van der Waals surface area contributed by atoms with Gasteiger partial charge < -0.3 is 5.32 Å². The summed E-state index contributed by atoms with van der Waals surface area (Å²) in [4.78, 5) is 0. The van der Waals surface area contributed by atoms with Crippen LogP contribution < -0.4 is 5.32 Å². The van der Waals surface area contributed by atoms with Crippen molar-refractivity contribution in [2.45, 2.75) is 78.8 Å². The Morgan fingerprint density at radius 2 is 1.53 bits per heavy atom. The maximum atomic E-state index is 3.71. The molecule has 0 bridgehead atoms. The fourth-order valence-electron chi connectivity index (χ4n) is 4.27. The van der Waals surface area contributed by atoms with Crippen molar-refractivity contribution in [3.8, 4) is 0 Å². The monoisotopic (exact) mass is 237 g/mol. The molecular weight excluding hydrogens is 206 g/mol. The highest BCUT2D eigenvalue weighted by Gasteiger charge is 2.37. The van der Waals surface area contributed by atoms with E-state index in [1.807, 2.05) is 0 Å². The van der Waals surface area contributed by atoms with Crippen LogP contribution in [0.2, 0.25) is 0 Å². The summed E-state index contributed by atoms with van der Waals surface area (Å²) < 4.78 is 0. The molecule has 3 unspecified atom stereocenters. The molecule has 1 saturated carbocycles. The highest BCUT2D eigenvalue weighted by atomic mass is 15.0. The summed E-state index contributed by atoms with van der Waals surface area (Å²) in [5.41, 5.74) is 0.526. The Morgan fingerprint density at radius 1 is 0.941 bits per heavy atom. The number of hydrogen-bond donors (Lipinski definition) is 1. The van der Waals surface area contributed by atoms with Gasteiger partial charge in [0, 0.05) is 12.1 Å². The zero-order valence-corrected chi connectivity index (χ0v) is 12.4. The molecule has 1 aliphatic carbocycles. The fraction of sp³-hybridized carbons (Fsp3) is 1.00. The van der Waals surface area contributed by atoms with E-state index in [1.54, 1.807) is 0 Å². The zero-order valence-electron chi connectivity index (χ0n) is 12.4. The Balaban J connectivity index is 1.87. The summed E-state index contributed by atoms with van der Waals surface area (Å²) in [5.74, 6) is 2.91. The van der Waals surface area contributed by atoms with Gasteiger partial charge in [-0.1, -0.05) is 20.8 Å². The van der Waals surface area contributed by atoms with Crippen LogP contribution >= 0.6 is 0 Å². The second kappa shape index (κ2) is 4.91. The molecule has 1 N–H and O–H groups in total. The molecular formula is C16H31N. The van der Waals surface area contributed by atoms with Gasteiger partial charge in [-0.3, -0.25) is 0 Å². The van der Waals surface area contributed by atoms with Crippen molar-refractivity contribution in [1.82, 2.24) is 5.32 Å². The van der Waals surface area contributed by atoms with Crippen LogP contribution in [0.25, 0.3) is 0 Å². The van der Waals surface area contributed by atoms with Gasteiger partial charge in [0.05, 0.1) is 0 Å². The predicted octanol–water partition coefficient (Wildman–Crippen LogP) is 4.23. The summed E-state index contributed by atoms with van der Waals surface area (Å²) in [6.45, 7) is 12.0. The molecule has 0 amide bonds. The summed E-state index contributed by atoms with van der Waals surface area (Å²) in [7, 11) is 0. The summed E-state index contributed by atoms with van der Waals surface area (Å²) in [6.07, 6.45) is 7.29. The third-order valence-corrected chi connectivity index (χ3v) is 5.42. The van der Waals surface area contributed by atoms with Crippen LogP contribution in [0.5, 0.6) is 0 Å². The SMILES string of the molecule is CC1CC(C2CCC(C(C)(C)C)CC2)C(C)N1. The van der Waals surface area contributed by atoms with Crippen molar-refractivity contribution in [3.63, 3.8) is 0 Å². The van der Waals surface area contributed by atoms with Crippen LogP contribution in [0.4, 0.5) is 0 Å². The molecule has 2 rings (SSSR count). The number of rotatable bonds is 1. The van der Waals surface area contributed by atoms with E-state index in [0.29, 0.717) is 5.41 Å². The first kappa shape index (κ1) is 13.4. The van der Waals surface area contributed by atoms with Gasteiger partial charge >= 0.3 is 0 Å². The maximum Gasteiger partial charge on any atom is 0.00726 e. The Labute approximate surface area is 108 Å². The fourth-order valence-corrected chi connectivity index (χ4v) is 4.27. The van der Waals surface area contributed by atoms with Gasteiger partial charge in [0.15, 0.2) is 0 Å². The van der Waals surface area contributed by atoms with Gasteiger partial charge in [-0.05, 0) is 69.1 Å². The number of nitrogens with one attached hydrogen (secondary N) is 1. The minimum atomic E-state index is 0.526. The van der Waals surface area contributed by atoms with E-state index < -0.39 is 0 Å². The summed E-state index contributed by atoms with van der Waals surface area (Å²) in [5, 5.41) is 3.71. The van der Waals surface area contributed by atoms with Crippen LogP contribution in [0, 0.1) is 23.2 Å². The summed E-state index contributed by atoms with van der Waals surface area (Å²) in [6, 6.07) is 1.50. The van der Waals surface area contributed by atoms with Crippen molar-refractivity contribution >= 4 is 0 Å². The third-order valence-electron chi connectivity index (χ3n) is 5.42. The van der Waals surface area contributed by atoms with Gasteiger partial charge in [-0.2, -0.15) is 0 Å². The van der Waals surface area contributed by atoms with Crippen molar-refractivity contribution in [3.05, 3.63) is 0 Å². The molecule has 0 aromatic heterocycles. The van der Waals surface area contributed by atoms with E-state index in [2.05, 4.69) is 39.9 Å². The molecule has 2 aliphatic rings. The largest absolute Gasteiger partial charge is 0.311 e. The maximum absolute atomic E-state index is 3.71. The molecule has 0 aromatic carbocycles. The molecule has 0 aromatic rings. The summed E-state index contributed by atoms with van der Waals surface area (Å²) >= 11 is 0. The minimum absolute atomic E-state index is 0.526. The van der Waals surface area contributed by atoms with Crippen molar-refractivity contribution < 1.29 is 0 Å². The van der Waals surface area contributed by atoms with Gasteiger partial charge in [-0.15, -0.1) is 0 Å².